The molecule has 0 amide bonds. The van der Waals surface area contributed by atoms with Crippen molar-refractivity contribution in [2.45, 2.75) is 46.8 Å². The summed E-state index contributed by atoms with van der Waals surface area (Å²) in [5.74, 6) is 1.80. The summed E-state index contributed by atoms with van der Waals surface area (Å²) >= 11 is 1.80. The van der Waals surface area contributed by atoms with E-state index in [1.54, 1.807) is 11.3 Å². The minimum absolute atomic E-state index is 0.457. The third kappa shape index (κ3) is 4.79. The molecule has 5 heteroatoms. The third-order valence-electron chi connectivity index (χ3n) is 3.27. The van der Waals surface area contributed by atoms with Crippen LogP contribution in [0.1, 0.15) is 37.2 Å². The van der Waals surface area contributed by atoms with Gasteiger partial charge in [0, 0.05) is 35.8 Å². The second kappa shape index (κ2) is 7.52. The Morgan fingerprint density at radius 3 is 2.71 bits per heavy atom. The van der Waals surface area contributed by atoms with Crippen LogP contribution in [0.15, 0.2) is 23.6 Å². The lowest BCUT2D eigenvalue weighted by atomic mass is 10.3. The Morgan fingerprint density at radius 2 is 2.10 bits per heavy atom. The number of hydrogen-bond acceptors (Lipinski definition) is 5. The van der Waals surface area contributed by atoms with Gasteiger partial charge in [0.15, 0.2) is 0 Å². The average Bonchev–Trinajstić information content (AvgIpc) is 2.90. The molecule has 0 aliphatic carbocycles. The van der Waals surface area contributed by atoms with E-state index in [1.165, 1.54) is 4.88 Å². The van der Waals surface area contributed by atoms with Gasteiger partial charge in [-0.15, -0.1) is 11.3 Å². The number of hydrogen-bond donors (Lipinski definition) is 1. The summed E-state index contributed by atoms with van der Waals surface area (Å²) in [4.78, 5) is 13.0. The minimum atomic E-state index is 0.457. The van der Waals surface area contributed by atoms with Crippen LogP contribution in [0.25, 0.3) is 0 Å². The van der Waals surface area contributed by atoms with Gasteiger partial charge in [-0.3, -0.25) is 4.90 Å². The van der Waals surface area contributed by atoms with Crippen LogP contribution >= 0.6 is 11.3 Å². The maximum Gasteiger partial charge on any atom is 0.144 e. The predicted molar refractivity (Wildman–Crippen MR) is 89.6 cm³/mol. The second-order valence-electron chi connectivity index (χ2n) is 5.42. The lowest BCUT2D eigenvalue weighted by molar-refractivity contribution is 0.200. The summed E-state index contributed by atoms with van der Waals surface area (Å²) in [7, 11) is 0. The number of aryl methyl sites for hydroxylation is 1. The Balaban J connectivity index is 2.12. The first-order valence-electron chi connectivity index (χ1n) is 7.43. The molecule has 0 aliphatic heterocycles. The van der Waals surface area contributed by atoms with E-state index < -0.39 is 0 Å². The predicted octanol–water partition coefficient (Wildman–Crippen LogP) is 3.69. The van der Waals surface area contributed by atoms with E-state index in [-0.39, 0.29) is 0 Å². The standard InChI is InChI=1S/C16H24N4S/c1-5-17-15-9-13(4)18-16(19-15)11-20(12(2)3)10-14-7-6-8-21-14/h6-9,12H,5,10-11H2,1-4H3,(H,17,18,19). The highest BCUT2D eigenvalue weighted by molar-refractivity contribution is 7.09. The van der Waals surface area contributed by atoms with E-state index in [4.69, 9.17) is 0 Å². The van der Waals surface area contributed by atoms with Gasteiger partial charge in [0.05, 0.1) is 6.54 Å². The number of thiophene rings is 1. The molecule has 0 aliphatic rings. The normalized spacial score (nSPS) is 11.3. The Hall–Kier alpha value is -1.46. The fourth-order valence-corrected chi connectivity index (χ4v) is 2.91. The van der Waals surface area contributed by atoms with Crippen LogP contribution < -0.4 is 5.32 Å². The molecule has 0 atom stereocenters. The van der Waals surface area contributed by atoms with Crippen molar-refractivity contribution >= 4 is 17.2 Å². The van der Waals surface area contributed by atoms with Gasteiger partial charge in [-0.05, 0) is 39.1 Å². The lowest BCUT2D eigenvalue weighted by Crippen LogP contribution is -2.30. The summed E-state index contributed by atoms with van der Waals surface area (Å²) in [6.45, 7) is 11.1. The third-order valence-corrected chi connectivity index (χ3v) is 4.13. The molecule has 0 aromatic carbocycles. The van der Waals surface area contributed by atoms with Crippen molar-refractivity contribution in [3.8, 4) is 0 Å². The monoisotopic (exact) mass is 304 g/mol. The molecule has 0 fully saturated rings. The maximum atomic E-state index is 4.61. The fourth-order valence-electron chi connectivity index (χ4n) is 2.18. The molecule has 0 saturated heterocycles. The van der Waals surface area contributed by atoms with Crippen LogP contribution in [-0.2, 0) is 13.1 Å². The molecule has 0 saturated carbocycles. The lowest BCUT2D eigenvalue weighted by Gasteiger charge is -2.25. The fraction of sp³-hybridized carbons (Fsp3) is 0.500. The smallest absolute Gasteiger partial charge is 0.144 e. The highest BCUT2D eigenvalue weighted by Crippen LogP contribution is 2.16. The molecule has 114 valence electrons. The Morgan fingerprint density at radius 1 is 1.29 bits per heavy atom. The molecular formula is C16H24N4S. The topological polar surface area (TPSA) is 41.1 Å². The molecule has 2 rings (SSSR count). The van der Waals surface area contributed by atoms with Crippen LogP contribution in [0.4, 0.5) is 5.82 Å². The summed E-state index contributed by atoms with van der Waals surface area (Å²) < 4.78 is 0. The van der Waals surface area contributed by atoms with Gasteiger partial charge in [0.25, 0.3) is 0 Å². The van der Waals surface area contributed by atoms with Crippen molar-refractivity contribution in [2.24, 2.45) is 0 Å². The average molecular weight is 304 g/mol. The highest BCUT2D eigenvalue weighted by atomic mass is 32.1. The van der Waals surface area contributed by atoms with Crippen LogP contribution in [-0.4, -0.2) is 27.5 Å². The van der Waals surface area contributed by atoms with Gasteiger partial charge < -0.3 is 5.32 Å². The largest absolute Gasteiger partial charge is 0.370 e. The summed E-state index contributed by atoms with van der Waals surface area (Å²) in [5, 5.41) is 5.39. The van der Waals surface area contributed by atoms with Crippen LogP contribution in [0.3, 0.4) is 0 Å². The van der Waals surface area contributed by atoms with E-state index in [0.29, 0.717) is 6.04 Å². The van der Waals surface area contributed by atoms with Crippen molar-refractivity contribution in [1.29, 1.82) is 0 Å². The van der Waals surface area contributed by atoms with E-state index >= 15 is 0 Å². The first-order chi connectivity index (χ1) is 10.1. The van der Waals surface area contributed by atoms with Gasteiger partial charge in [-0.2, -0.15) is 0 Å². The number of nitrogens with zero attached hydrogens (tertiary/aromatic N) is 3. The van der Waals surface area contributed by atoms with Crippen molar-refractivity contribution in [1.82, 2.24) is 14.9 Å². The zero-order valence-electron chi connectivity index (χ0n) is 13.3. The molecule has 2 heterocycles. The number of anilines is 1. The molecule has 4 nitrogen and oxygen atoms in total. The van der Waals surface area contributed by atoms with E-state index in [1.807, 2.05) is 13.0 Å². The number of nitrogens with one attached hydrogen (secondary N) is 1. The molecule has 0 radical (unpaired) electrons. The SMILES string of the molecule is CCNc1cc(C)nc(CN(Cc2cccs2)C(C)C)n1. The summed E-state index contributed by atoms with van der Waals surface area (Å²) in [5.41, 5.74) is 1.01. The van der Waals surface area contributed by atoms with Crippen molar-refractivity contribution in [3.05, 3.63) is 40.0 Å². The van der Waals surface area contributed by atoms with Crippen molar-refractivity contribution in [2.75, 3.05) is 11.9 Å². The van der Waals surface area contributed by atoms with E-state index in [9.17, 15) is 0 Å². The van der Waals surface area contributed by atoms with E-state index in [0.717, 1.165) is 37.0 Å². The number of aromatic nitrogens is 2. The Labute approximate surface area is 131 Å². The van der Waals surface area contributed by atoms with Gasteiger partial charge >= 0.3 is 0 Å². The quantitative estimate of drug-likeness (QED) is 0.847. The van der Waals surface area contributed by atoms with Crippen molar-refractivity contribution < 1.29 is 0 Å². The van der Waals surface area contributed by atoms with Crippen LogP contribution in [0, 0.1) is 6.92 Å². The van der Waals surface area contributed by atoms with Crippen molar-refractivity contribution in [3.63, 3.8) is 0 Å². The van der Waals surface area contributed by atoms with Gasteiger partial charge in [0.1, 0.15) is 11.6 Å². The highest BCUT2D eigenvalue weighted by Gasteiger charge is 2.14. The summed E-state index contributed by atoms with van der Waals surface area (Å²) in [6.07, 6.45) is 0. The molecule has 1 N–H and O–H groups in total. The molecule has 21 heavy (non-hydrogen) atoms. The van der Waals surface area contributed by atoms with Gasteiger partial charge in [-0.25, -0.2) is 9.97 Å². The second-order valence-corrected chi connectivity index (χ2v) is 6.45. The molecule has 0 bridgehead atoms. The molecule has 0 unspecified atom stereocenters. The Kier molecular flexibility index (Phi) is 5.70. The van der Waals surface area contributed by atoms with E-state index in [2.05, 4.69) is 58.5 Å². The zero-order chi connectivity index (χ0) is 15.2. The molecule has 2 aromatic rings. The van der Waals surface area contributed by atoms with Crippen LogP contribution in [0.5, 0.6) is 0 Å². The first kappa shape index (κ1) is 15.9. The van der Waals surface area contributed by atoms with Gasteiger partial charge in [-0.1, -0.05) is 6.07 Å². The Bertz CT molecular complexity index is 551. The zero-order valence-corrected chi connectivity index (χ0v) is 14.1. The summed E-state index contributed by atoms with van der Waals surface area (Å²) in [6, 6.07) is 6.73. The molecule has 2 aromatic heterocycles. The minimum Gasteiger partial charge on any atom is -0.370 e. The van der Waals surface area contributed by atoms with Crippen LogP contribution in [0.2, 0.25) is 0 Å². The first-order valence-corrected chi connectivity index (χ1v) is 8.31. The number of rotatable bonds is 7. The van der Waals surface area contributed by atoms with Gasteiger partial charge in [0.2, 0.25) is 0 Å². The molecular weight excluding hydrogens is 280 g/mol. The maximum absolute atomic E-state index is 4.61. The molecule has 0 spiro atoms.